The average molecular weight is 191 g/mol. The Bertz CT molecular complexity index is 291. The van der Waals surface area contributed by atoms with E-state index < -0.39 is 0 Å². The molecule has 0 spiro atoms. The summed E-state index contributed by atoms with van der Waals surface area (Å²) in [4.78, 5) is 13.8. The monoisotopic (exact) mass is 191 g/mol. The molecular weight excluding hydrogens is 174 g/mol. The van der Waals surface area contributed by atoms with Crippen LogP contribution in [0.4, 0.5) is 0 Å². The first-order valence-corrected chi connectivity index (χ1v) is 5.40. The minimum absolute atomic E-state index is 0.196. The molecule has 2 aliphatic rings. The molecule has 2 nitrogen and oxygen atoms in total. The molecule has 0 aromatic carbocycles. The lowest BCUT2D eigenvalue weighted by Gasteiger charge is -2.28. The predicted octanol–water partition coefficient (Wildman–Crippen LogP) is 2.27. The number of nitrogens with zero attached hydrogens (tertiary/aromatic N) is 1. The lowest BCUT2D eigenvalue weighted by Crippen LogP contribution is -2.38. The first kappa shape index (κ1) is 9.50. The predicted molar refractivity (Wildman–Crippen MR) is 56.9 cm³/mol. The Kier molecular flexibility index (Phi) is 2.71. The van der Waals surface area contributed by atoms with Gasteiger partial charge in [0.05, 0.1) is 0 Å². The van der Waals surface area contributed by atoms with Crippen molar-refractivity contribution in [2.75, 3.05) is 6.54 Å². The Morgan fingerprint density at radius 2 is 2.14 bits per heavy atom. The molecule has 0 radical (unpaired) electrons. The third-order valence-electron chi connectivity index (χ3n) is 3.06. The van der Waals surface area contributed by atoms with E-state index in [0.29, 0.717) is 6.04 Å². The molecule has 2 aliphatic heterocycles. The van der Waals surface area contributed by atoms with E-state index in [9.17, 15) is 4.79 Å². The van der Waals surface area contributed by atoms with E-state index in [-0.39, 0.29) is 5.91 Å². The molecule has 0 fully saturated rings. The van der Waals surface area contributed by atoms with Crippen molar-refractivity contribution in [2.45, 2.75) is 38.6 Å². The Morgan fingerprint density at radius 1 is 1.36 bits per heavy atom. The highest BCUT2D eigenvalue weighted by atomic mass is 16.2. The molecule has 1 atom stereocenters. The summed E-state index contributed by atoms with van der Waals surface area (Å²) in [6.45, 7) is 2.94. The van der Waals surface area contributed by atoms with Crippen molar-refractivity contribution in [2.24, 2.45) is 0 Å². The van der Waals surface area contributed by atoms with Gasteiger partial charge in [-0.25, -0.2) is 0 Å². The van der Waals surface area contributed by atoms with Gasteiger partial charge in [-0.2, -0.15) is 0 Å². The molecule has 0 saturated heterocycles. The summed E-state index contributed by atoms with van der Waals surface area (Å²) in [6, 6.07) is 0.464. The average Bonchev–Trinajstić information content (AvgIpc) is 2.42. The maximum absolute atomic E-state index is 11.8. The second-order valence-corrected chi connectivity index (χ2v) is 4.23. The van der Waals surface area contributed by atoms with Gasteiger partial charge in [-0.15, -0.1) is 0 Å². The maximum atomic E-state index is 11.8. The third kappa shape index (κ3) is 1.89. The highest BCUT2D eigenvalue weighted by molar-refractivity contribution is 5.88. The lowest BCUT2D eigenvalue weighted by molar-refractivity contribution is -0.127. The highest BCUT2D eigenvalue weighted by Crippen LogP contribution is 2.22. The highest BCUT2D eigenvalue weighted by Gasteiger charge is 2.24. The molecule has 2 heteroatoms. The summed E-state index contributed by atoms with van der Waals surface area (Å²) in [5.74, 6) is 0.196. The van der Waals surface area contributed by atoms with Gasteiger partial charge >= 0.3 is 0 Å². The number of rotatable bonds is 0. The molecule has 76 valence electrons. The smallest absolute Gasteiger partial charge is 0.246 e. The Labute approximate surface area is 85.3 Å². The summed E-state index contributed by atoms with van der Waals surface area (Å²) >= 11 is 0. The minimum Gasteiger partial charge on any atom is -0.332 e. The van der Waals surface area contributed by atoms with Gasteiger partial charge in [0.1, 0.15) is 0 Å². The molecule has 0 saturated carbocycles. The van der Waals surface area contributed by atoms with Crippen molar-refractivity contribution in [1.29, 1.82) is 0 Å². The fourth-order valence-electron chi connectivity index (χ4n) is 2.27. The number of carbonyl (C=O) groups is 1. The van der Waals surface area contributed by atoms with Crippen molar-refractivity contribution >= 4 is 5.91 Å². The lowest BCUT2D eigenvalue weighted by atomic mass is 10.1. The fraction of sp³-hybridized carbons (Fsp3) is 0.583. The van der Waals surface area contributed by atoms with Crippen LogP contribution in [-0.2, 0) is 4.79 Å². The second-order valence-electron chi connectivity index (χ2n) is 4.23. The molecule has 0 N–H and O–H groups in total. The van der Waals surface area contributed by atoms with Gasteiger partial charge in [-0.05, 0) is 38.7 Å². The third-order valence-corrected chi connectivity index (χ3v) is 3.06. The number of fused-ring (bicyclic) bond motifs is 1. The van der Waals surface area contributed by atoms with Crippen molar-refractivity contribution in [1.82, 2.24) is 4.90 Å². The zero-order valence-electron chi connectivity index (χ0n) is 8.70. The first-order valence-electron chi connectivity index (χ1n) is 5.40. The summed E-state index contributed by atoms with van der Waals surface area (Å²) < 4.78 is 0. The number of hydrogen-bond acceptors (Lipinski definition) is 1. The molecule has 0 aromatic rings. The summed E-state index contributed by atoms with van der Waals surface area (Å²) in [7, 11) is 0. The Balaban J connectivity index is 2.19. The second kappa shape index (κ2) is 3.99. The summed E-state index contributed by atoms with van der Waals surface area (Å²) in [5.41, 5.74) is 1.33. The standard InChI is InChI=1S/C12H17NO/c1-10-5-4-7-11-6-2-3-8-12(14)13(11)9-10/h3,5,8,11H,2,4,6-7,9H2,1H3. The van der Waals surface area contributed by atoms with Crippen molar-refractivity contribution in [3.8, 4) is 0 Å². The van der Waals surface area contributed by atoms with Crippen LogP contribution in [0.25, 0.3) is 0 Å². The van der Waals surface area contributed by atoms with Gasteiger partial charge in [0, 0.05) is 12.6 Å². The quantitative estimate of drug-likeness (QED) is 0.538. The van der Waals surface area contributed by atoms with Gasteiger partial charge in [0.15, 0.2) is 0 Å². The number of allylic oxidation sites excluding steroid dienone is 2. The van der Waals surface area contributed by atoms with Crippen molar-refractivity contribution in [3.05, 3.63) is 23.8 Å². The molecule has 14 heavy (non-hydrogen) atoms. The van der Waals surface area contributed by atoms with Gasteiger partial charge in [0.2, 0.25) is 5.91 Å². The van der Waals surface area contributed by atoms with Gasteiger partial charge < -0.3 is 4.90 Å². The van der Waals surface area contributed by atoms with Gasteiger partial charge in [0.25, 0.3) is 0 Å². The normalized spacial score (nSPS) is 27.8. The van der Waals surface area contributed by atoms with E-state index in [1.165, 1.54) is 5.57 Å². The van der Waals surface area contributed by atoms with E-state index in [0.717, 1.165) is 32.2 Å². The van der Waals surface area contributed by atoms with Crippen LogP contribution in [0.3, 0.4) is 0 Å². The van der Waals surface area contributed by atoms with E-state index >= 15 is 0 Å². The minimum atomic E-state index is 0.196. The SMILES string of the molecule is CC1=CCCC2CCC=CC(=O)N2C1. The van der Waals surface area contributed by atoms with Gasteiger partial charge in [-0.3, -0.25) is 4.79 Å². The zero-order chi connectivity index (χ0) is 9.97. The molecule has 1 unspecified atom stereocenters. The van der Waals surface area contributed by atoms with E-state index in [1.54, 1.807) is 6.08 Å². The number of amides is 1. The molecule has 2 rings (SSSR count). The Hall–Kier alpha value is -1.05. The van der Waals surface area contributed by atoms with E-state index in [1.807, 2.05) is 11.0 Å². The number of carbonyl (C=O) groups excluding carboxylic acids is 1. The van der Waals surface area contributed by atoms with E-state index in [4.69, 9.17) is 0 Å². The van der Waals surface area contributed by atoms with Crippen LogP contribution in [0, 0.1) is 0 Å². The topological polar surface area (TPSA) is 20.3 Å². The van der Waals surface area contributed by atoms with Crippen molar-refractivity contribution in [3.63, 3.8) is 0 Å². The van der Waals surface area contributed by atoms with Crippen LogP contribution in [-0.4, -0.2) is 23.4 Å². The van der Waals surface area contributed by atoms with Crippen LogP contribution < -0.4 is 0 Å². The Morgan fingerprint density at radius 3 is 3.00 bits per heavy atom. The van der Waals surface area contributed by atoms with Crippen molar-refractivity contribution < 1.29 is 4.79 Å². The van der Waals surface area contributed by atoms with Crippen LogP contribution in [0.15, 0.2) is 23.8 Å². The van der Waals surface area contributed by atoms with Crippen LogP contribution in [0.2, 0.25) is 0 Å². The molecule has 1 amide bonds. The first-order chi connectivity index (χ1) is 6.77. The fourth-order valence-corrected chi connectivity index (χ4v) is 2.27. The van der Waals surface area contributed by atoms with E-state index in [2.05, 4.69) is 13.0 Å². The zero-order valence-corrected chi connectivity index (χ0v) is 8.70. The molecule has 0 bridgehead atoms. The maximum Gasteiger partial charge on any atom is 0.246 e. The molecule has 0 aromatic heterocycles. The molecule has 0 aliphatic carbocycles. The van der Waals surface area contributed by atoms with Crippen LogP contribution >= 0.6 is 0 Å². The largest absolute Gasteiger partial charge is 0.332 e. The number of hydrogen-bond donors (Lipinski definition) is 0. The van der Waals surface area contributed by atoms with Gasteiger partial charge in [-0.1, -0.05) is 17.7 Å². The van der Waals surface area contributed by atoms with Crippen LogP contribution in [0.1, 0.15) is 32.6 Å². The summed E-state index contributed by atoms with van der Waals surface area (Å²) in [5, 5.41) is 0. The molecular formula is C12H17NO. The van der Waals surface area contributed by atoms with Crippen LogP contribution in [0.5, 0.6) is 0 Å². The molecule has 2 heterocycles. The summed E-state index contributed by atoms with van der Waals surface area (Å²) in [6.07, 6.45) is 10.4.